The van der Waals surface area contributed by atoms with Crippen molar-refractivity contribution in [2.75, 3.05) is 13.7 Å². The van der Waals surface area contributed by atoms with E-state index in [1.807, 2.05) is 97.1 Å². The summed E-state index contributed by atoms with van der Waals surface area (Å²) in [6.45, 7) is 0.181. The van der Waals surface area contributed by atoms with E-state index in [-0.39, 0.29) is 32.0 Å². The van der Waals surface area contributed by atoms with Crippen molar-refractivity contribution >= 4 is 11.6 Å². The minimum atomic E-state index is -4.80. The molecule has 1 aliphatic rings. The Morgan fingerprint density at radius 2 is 1.21 bits per heavy atom. The van der Waals surface area contributed by atoms with Gasteiger partial charge in [0, 0.05) is 17.7 Å². The van der Waals surface area contributed by atoms with Crippen LogP contribution in [0.2, 0.25) is 5.02 Å². The Kier molecular flexibility index (Phi) is 12.9. The Bertz CT molecular complexity index is 1860. The molecular weight excluding hydrogens is 709 g/mol. The predicted octanol–water partition coefficient (Wildman–Crippen LogP) is 8.78. The molecular formula is C42H40ClF3O7. The van der Waals surface area contributed by atoms with Crippen molar-refractivity contribution in [3.05, 3.63) is 172 Å². The first kappa shape index (κ1) is 38.5. The third kappa shape index (κ3) is 9.84. The Morgan fingerprint density at radius 3 is 1.72 bits per heavy atom. The van der Waals surface area contributed by atoms with Gasteiger partial charge in [-0.25, -0.2) is 0 Å². The zero-order valence-electron chi connectivity index (χ0n) is 29.0. The van der Waals surface area contributed by atoms with E-state index in [0.29, 0.717) is 21.7 Å². The largest absolute Gasteiger partial charge is 0.573 e. The molecule has 0 aliphatic carbocycles. The molecule has 7 nitrogen and oxygen atoms in total. The van der Waals surface area contributed by atoms with E-state index in [0.717, 1.165) is 16.7 Å². The number of methoxy groups -OCH3 is 1. The highest BCUT2D eigenvalue weighted by Gasteiger charge is 2.58. The fraction of sp³-hybridized carbons (Fsp3) is 0.286. The molecule has 5 aromatic carbocycles. The van der Waals surface area contributed by atoms with Crippen LogP contribution < -0.4 is 4.74 Å². The van der Waals surface area contributed by atoms with Crippen molar-refractivity contribution in [3.63, 3.8) is 0 Å². The number of alkyl halides is 3. The van der Waals surface area contributed by atoms with Crippen LogP contribution in [0.4, 0.5) is 13.2 Å². The molecule has 53 heavy (non-hydrogen) atoms. The number of aliphatic hydroxyl groups excluding tert-OH is 1. The molecule has 1 fully saturated rings. The summed E-state index contributed by atoms with van der Waals surface area (Å²) in [7, 11) is 1.50. The second-order valence-electron chi connectivity index (χ2n) is 12.6. The van der Waals surface area contributed by atoms with Gasteiger partial charge in [-0.15, -0.1) is 13.2 Å². The first-order valence-corrected chi connectivity index (χ1v) is 17.5. The van der Waals surface area contributed by atoms with Gasteiger partial charge in [0.2, 0.25) is 5.79 Å². The molecule has 0 bridgehead atoms. The average molecular weight is 749 g/mol. The van der Waals surface area contributed by atoms with Crippen LogP contribution in [-0.4, -0.2) is 49.6 Å². The lowest BCUT2D eigenvalue weighted by molar-refractivity contribution is -0.384. The molecule has 0 spiro atoms. The van der Waals surface area contributed by atoms with Gasteiger partial charge in [0.1, 0.15) is 30.2 Å². The van der Waals surface area contributed by atoms with E-state index >= 15 is 0 Å². The normalized spacial score (nSPS) is 21.7. The number of hydrogen-bond donors (Lipinski definition) is 1. The van der Waals surface area contributed by atoms with Gasteiger partial charge in [-0.1, -0.05) is 121 Å². The van der Waals surface area contributed by atoms with Crippen molar-refractivity contribution in [1.82, 2.24) is 0 Å². The molecule has 1 heterocycles. The van der Waals surface area contributed by atoms with Crippen molar-refractivity contribution in [2.45, 2.75) is 62.8 Å². The van der Waals surface area contributed by atoms with Crippen molar-refractivity contribution < 1.29 is 46.7 Å². The van der Waals surface area contributed by atoms with Crippen LogP contribution in [-0.2, 0) is 55.7 Å². The molecule has 1 unspecified atom stereocenters. The summed E-state index contributed by atoms with van der Waals surface area (Å²) in [5, 5.41) is 11.3. The van der Waals surface area contributed by atoms with E-state index in [9.17, 15) is 18.3 Å². The standard InChI is InChI=1S/C42H40ClF3O7/c1-48-41(34-19-22-36(43)33(24-34)23-29-17-20-35(21-18-29)52-42(44,45)46)40(51-28-32-15-9-4-10-16-32)39(50-27-31-13-7-3-8-14-31)38(37(25-47)53-41)49-26-30-11-5-2-6-12-30/h2-22,24,37-40,47H,23,25-28H2,1H3/t37?,38-,39+,40-,41+/m1/s1. The molecule has 5 atom stereocenters. The van der Waals surface area contributed by atoms with Gasteiger partial charge >= 0.3 is 6.36 Å². The smallest absolute Gasteiger partial charge is 0.406 e. The van der Waals surface area contributed by atoms with Gasteiger partial charge in [-0.3, -0.25) is 0 Å². The summed E-state index contributed by atoms with van der Waals surface area (Å²) >= 11 is 6.72. The molecule has 0 radical (unpaired) electrons. The lowest BCUT2D eigenvalue weighted by atomic mass is 9.86. The summed E-state index contributed by atoms with van der Waals surface area (Å²) in [6, 6.07) is 39.9. The maximum atomic E-state index is 12.8. The number of ether oxygens (including phenoxy) is 6. The van der Waals surface area contributed by atoms with Gasteiger partial charge in [-0.2, -0.15) is 0 Å². The molecule has 0 amide bonds. The number of hydrogen-bond acceptors (Lipinski definition) is 7. The molecule has 278 valence electrons. The van der Waals surface area contributed by atoms with E-state index in [2.05, 4.69) is 4.74 Å². The second kappa shape index (κ2) is 17.7. The van der Waals surface area contributed by atoms with Crippen LogP contribution in [0.3, 0.4) is 0 Å². The monoisotopic (exact) mass is 748 g/mol. The van der Waals surface area contributed by atoms with Crippen LogP contribution in [0, 0.1) is 0 Å². The van der Waals surface area contributed by atoms with Gasteiger partial charge in [-0.05, 0) is 58.5 Å². The summed E-state index contributed by atoms with van der Waals surface area (Å²) < 4.78 is 75.5. The Morgan fingerprint density at radius 1 is 0.679 bits per heavy atom. The lowest BCUT2D eigenvalue weighted by Gasteiger charge is -2.52. The fourth-order valence-electron chi connectivity index (χ4n) is 6.45. The van der Waals surface area contributed by atoms with E-state index in [1.165, 1.54) is 19.2 Å². The Labute approximate surface area is 311 Å². The van der Waals surface area contributed by atoms with E-state index in [1.54, 1.807) is 24.3 Å². The zero-order valence-corrected chi connectivity index (χ0v) is 29.7. The first-order valence-electron chi connectivity index (χ1n) is 17.1. The second-order valence-corrected chi connectivity index (χ2v) is 13.0. The maximum absolute atomic E-state index is 12.8. The minimum Gasteiger partial charge on any atom is -0.406 e. The highest BCUT2D eigenvalue weighted by molar-refractivity contribution is 6.31. The zero-order chi connectivity index (χ0) is 37.3. The predicted molar refractivity (Wildman–Crippen MR) is 193 cm³/mol. The van der Waals surface area contributed by atoms with Gasteiger partial charge in [0.15, 0.2) is 0 Å². The molecule has 1 saturated heterocycles. The van der Waals surface area contributed by atoms with Crippen molar-refractivity contribution in [1.29, 1.82) is 0 Å². The summed E-state index contributed by atoms with van der Waals surface area (Å²) in [6.07, 6.45) is -8.02. The Hall–Kier alpha value is -4.26. The third-order valence-corrected chi connectivity index (χ3v) is 9.38. The number of halogens is 4. The molecule has 0 saturated carbocycles. The Balaban J connectivity index is 1.39. The fourth-order valence-corrected chi connectivity index (χ4v) is 6.64. The van der Waals surface area contributed by atoms with Crippen molar-refractivity contribution in [3.8, 4) is 5.75 Å². The van der Waals surface area contributed by atoms with Crippen LogP contribution in [0.15, 0.2) is 133 Å². The van der Waals surface area contributed by atoms with Crippen LogP contribution >= 0.6 is 11.6 Å². The first-order chi connectivity index (χ1) is 25.7. The molecule has 6 rings (SSSR count). The van der Waals surface area contributed by atoms with Crippen LogP contribution in [0.1, 0.15) is 33.4 Å². The summed E-state index contributed by atoms with van der Waals surface area (Å²) in [5.41, 5.74) is 4.63. The number of benzene rings is 5. The van der Waals surface area contributed by atoms with Gasteiger partial charge in [0.25, 0.3) is 0 Å². The van der Waals surface area contributed by atoms with E-state index in [4.69, 9.17) is 35.3 Å². The third-order valence-electron chi connectivity index (χ3n) is 9.02. The highest BCUT2D eigenvalue weighted by Crippen LogP contribution is 2.44. The molecule has 0 aromatic heterocycles. The molecule has 5 aromatic rings. The lowest BCUT2D eigenvalue weighted by Crippen LogP contribution is -2.66. The number of aliphatic hydroxyl groups is 1. The summed E-state index contributed by atoms with van der Waals surface area (Å²) in [4.78, 5) is 0. The molecule has 1 N–H and O–H groups in total. The quantitative estimate of drug-likeness (QED) is 0.115. The minimum absolute atomic E-state index is 0.174. The van der Waals surface area contributed by atoms with Crippen LogP contribution in [0.5, 0.6) is 5.75 Å². The maximum Gasteiger partial charge on any atom is 0.573 e. The number of rotatable bonds is 15. The highest BCUT2D eigenvalue weighted by atomic mass is 35.5. The van der Waals surface area contributed by atoms with Crippen molar-refractivity contribution in [2.24, 2.45) is 0 Å². The molecule has 11 heteroatoms. The van der Waals surface area contributed by atoms with E-state index < -0.39 is 43.2 Å². The van der Waals surface area contributed by atoms with Gasteiger partial charge < -0.3 is 33.5 Å². The topological polar surface area (TPSA) is 75.6 Å². The summed E-state index contributed by atoms with van der Waals surface area (Å²) in [5.74, 6) is -1.96. The average Bonchev–Trinajstić information content (AvgIpc) is 3.17. The SMILES string of the molecule is CO[C@@]1(c2ccc(Cl)c(Cc3ccc(OC(F)(F)F)cc3)c2)OC(CO)[C@@H](OCc2ccccc2)[C@H](OCc2ccccc2)[C@H]1OCc1ccccc1. The van der Waals surface area contributed by atoms with Gasteiger partial charge in [0.05, 0.1) is 26.4 Å². The molecule has 1 aliphatic heterocycles. The van der Waals surface area contributed by atoms with Crippen LogP contribution in [0.25, 0.3) is 0 Å².